The summed E-state index contributed by atoms with van der Waals surface area (Å²) in [5.41, 5.74) is 8.65. The van der Waals surface area contributed by atoms with Crippen LogP contribution in [0.1, 0.15) is 16.3 Å². The summed E-state index contributed by atoms with van der Waals surface area (Å²) >= 11 is 1.72. The molecule has 0 saturated carbocycles. The Balaban J connectivity index is 1.93. The highest BCUT2D eigenvalue weighted by atomic mass is 32.1. The second-order valence-electron chi connectivity index (χ2n) is 4.54. The molecule has 0 unspecified atom stereocenters. The van der Waals surface area contributed by atoms with Gasteiger partial charge in [0.25, 0.3) is 0 Å². The van der Waals surface area contributed by atoms with Crippen LogP contribution in [-0.4, -0.2) is 16.1 Å². The molecule has 3 nitrogen and oxygen atoms in total. The van der Waals surface area contributed by atoms with Gasteiger partial charge in [0.05, 0.1) is 24.1 Å². The number of aromatic nitrogens is 2. The highest BCUT2D eigenvalue weighted by Gasteiger charge is 2.08. The predicted octanol–water partition coefficient (Wildman–Crippen LogP) is 2.76. The van der Waals surface area contributed by atoms with Crippen LogP contribution in [0.15, 0.2) is 35.7 Å². The lowest BCUT2D eigenvalue weighted by molar-refractivity contribution is 0.797. The third kappa shape index (κ3) is 2.46. The summed E-state index contributed by atoms with van der Waals surface area (Å²) in [4.78, 5) is 5.86. The van der Waals surface area contributed by atoms with Crippen LogP contribution in [0.2, 0.25) is 0 Å². The molecule has 1 aromatic carbocycles. The van der Waals surface area contributed by atoms with Crippen LogP contribution >= 0.6 is 11.3 Å². The third-order valence-electron chi connectivity index (χ3n) is 3.15. The SMILES string of the molecule is Cc1nc2ccccc2n1Cc1cc(C#CCN)cs1. The van der Waals surface area contributed by atoms with E-state index in [0.717, 1.165) is 23.4 Å². The molecule has 20 heavy (non-hydrogen) atoms. The van der Waals surface area contributed by atoms with Gasteiger partial charge in [0.15, 0.2) is 0 Å². The molecule has 0 aliphatic carbocycles. The molecule has 0 fully saturated rings. The Labute approximate surface area is 122 Å². The number of hydrogen-bond acceptors (Lipinski definition) is 3. The first-order valence-electron chi connectivity index (χ1n) is 6.46. The average Bonchev–Trinajstić information content (AvgIpc) is 3.02. The van der Waals surface area contributed by atoms with Crippen molar-refractivity contribution in [3.8, 4) is 11.8 Å². The van der Waals surface area contributed by atoms with Gasteiger partial charge in [-0.15, -0.1) is 11.3 Å². The van der Waals surface area contributed by atoms with E-state index >= 15 is 0 Å². The summed E-state index contributed by atoms with van der Waals surface area (Å²) < 4.78 is 2.24. The molecule has 2 N–H and O–H groups in total. The molecule has 0 amide bonds. The molecular weight excluding hydrogens is 266 g/mol. The van der Waals surface area contributed by atoms with Crippen molar-refractivity contribution < 1.29 is 0 Å². The normalized spacial score (nSPS) is 10.5. The summed E-state index contributed by atoms with van der Waals surface area (Å²) in [6.07, 6.45) is 0. The monoisotopic (exact) mass is 281 g/mol. The van der Waals surface area contributed by atoms with Crippen molar-refractivity contribution in [3.05, 3.63) is 52.0 Å². The molecule has 0 aliphatic rings. The zero-order valence-electron chi connectivity index (χ0n) is 11.3. The average molecular weight is 281 g/mol. The van der Waals surface area contributed by atoms with Gasteiger partial charge < -0.3 is 10.3 Å². The number of benzene rings is 1. The van der Waals surface area contributed by atoms with E-state index < -0.39 is 0 Å². The number of nitrogens with two attached hydrogens (primary N) is 1. The van der Waals surface area contributed by atoms with Crippen LogP contribution in [0.25, 0.3) is 11.0 Å². The van der Waals surface area contributed by atoms with E-state index in [2.05, 4.69) is 38.9 Å². The first-order valence-corrected chi connectivity index (χ1v) is 7.34. The number of hydrogen-bond donors (Lipinski definition) is 1. The highest BCUT2D eigenvalue weighted by Crippen LogP contribution is 2.20. The van der Waals surface area contributed by atoms with Crippen LogP contribution in [0.5, 0.6) is 0 Å². The zero-order chi connectivity index (χ0) is 13.9. The Morgan fingerprint density at radius 3 is 3.05 bits per heavy atom. The fraction of sp³-hybridized carbons (Fsp3) is 0.188. The number of nitrogens with zero attached hydrogens (tertiary/aromatic N) is 2. The summed E-state index contributed by atoms with van der Waals surface area (Å²) in [7, 11) is 0. The quantitative estimate of drug-likeness (QED) is 0.734. The molecule has 0 aliphatic heterocycles. The second kappa shape index (κ2) is 5.49. The first kappa shape index (κ1) is 12.9. The molecule has 0 bridgehead atoms. The zero-order valence-corrected chi connectivity index (χ0v) is 12.1. The molecule has 2 heterocycles. The van der Waals surface area contributed by atoms with E-state index in [1.165, 1.54) is 10.4 Å². The van der Waals surface area contributed by atoms with E-state index in [1.807, 2.05) is 25.1 Å². The molecule has 4 heteroatoms. The van der Waals surface area contributed by atoms with Gasteiger partial charge in [-0.1, -0.05) is 24.0 Å². The maximum absolute atomic E-state index is 5.39. The van der Waals surface area contributed by atoms with Crippen molar-refractivity contribution in [2.24, 2.45) is 5.73 Å². The third-order valence-corrected chi connectivity index (χ3v) is 4.07. The minimum Gasteiger partial charge on any atom is -0.323 e. The van der Waals surface area contributed by atoms with E-state index in [-0.39, 0.29) is 0 Å². The second-order valence-corrected chi connectivity index (χ2v) is 5.54. The van der Waals surface area contributed by atoms with Crippen molar-refractivity contribution in [2.75, 3.05) is 6.54 Å². The summed E-state index contributed by atoms with van der Waals surface area (Å²) in [5.74, 6) is 6.99. The molecule has 3 aromatic rings. The standard InChI is InChI=1S/C16H15N3S/c1-12-18-15-6-2-3-7-16(15)19(12)10-14-9-13(11-20-14)5-4-8-17/h2-3,6-7,9,11H,8,10,17H2,1H3. The van der Waals surface area contributed by atoms with Crippen molar-refractivity contribution >= 4 is 22.4 Å². The summed E-state index contributed by atoms with van der Waals surface area (Å²) in [6.45, 7) is 3.28. The molecule has 100 valence electrons. The maximum atomic E-state index is 5.39. The molecule has 0 saturated heterocycles. The molecular formula is C16H15N3S. The smallest absolute Gasteiger partial charge is 0.107 e. The highest BCUT2D eigenvalue weighted by molar-refractivity contribution is 7.10. The number of thiophene rings is 1. The Bertz CT molecular complexity index is 802. The van der Waals surface area contributed by atoms with Crippen LogP contribution < -0.4 is 5.73 Å². The maximum Gasteiger partial charge on any atom is 0.107 e. The largest absolute Gasteiger partial charge is 0.323 e. The Morgan fingerprint density at radius 1 is 1.35 bits per heavy atom. The Hall–Kier alpha value is -2.09. The Kier molecular flexibility index (Phi) is 3.55. The van der Waals surface area contributed by atoms with Crippen molar-refractivity contribution in [3.63, 3.8) is 0 Å². The fourth-order valence-corrected chi connectivity index (χ4v) is 3.04. The van der Waals surface area contributed by atoms with E-state index in [1.54, 1.807) is 11.3 Å². The van der Waals surface area contributed by atoms with E-state index in [4.69, 9.17) is 5.73 Å². The van der Waals surface area contributed by atoms with Crippen LogP contribution in [0.4, 0.5) is 0 Å². The molecule has 0 radical (unpaired) electrons. The minimum atomic E-state index is 0.399. The van der Waals surface area contributed by atoms with Crippen LogP contribution in [0, 0.1) is 18.8 Å². The number of para-hydroxylation sites is 2. The lowest BCUT2D eigenvalue weighted by Crippen LogP contribution is -2.00. The van der Waals surface area contributed by atoms with E-state index in [9.17, 15) is 0 Å². The summed E-state index contributed by atoms with van der Waals surface area (Å²) in [6, 6.07) is 10.3. The van der Waals surface area contributed by atoms with Crippen LogP contribution in [0.3, 0.4) is 0 Å². The van der Waals surface area contributed by atoms with Gasteiger partial charge in [0.1, 0.15) is 5.82 Å². The number of imidazole rings is 1. The van der Waals surface area contributed by atoms with Gasteiger partial charge in [-0.05, 0) is 25.1 Å². The van der Waals surface area contributed by atoms with Gasteiger partial charge in [-0.3, -0.25) is 0 Å². The minimum absolute atomic E-state index is 0.399. The lowest BCUT2D eigenvalue weighted by atomic mass is 10.3. The molecule has 3 rings (SSSR count). The molecule has 2 aromatic heterocycles. The predicted molar refractivity (Wildman–Crippen MR) is 83.8 cm³/mol. The summed E-state index contributed by atoms with van der Waals surface area (Å²) in [5, 5.41) is 2.08. The Morgan fingerprint density at radius 2 is 2.20 bits per heavy atom. The molecule has 0 spiro atoms. The van der Waals surface area contributed by atoms with Gasteiger partial charge in [-0.2, -0.15) is 0 Å². The van der Waals surface area contributed by atoms with Crippen molar-refractivity contribution in [1.82, 2.24) is 9.55 Å². The van der Waals surface area contributed by atoms with Crippen LogP contribution in [-0.2, 0) is 6.54 Å². The topological polar surface area (TPSA) is 43.8 Å². The van der Waals surface area contributed by atoms with Gasteiger partial charge >= 0.3 is 0 Å². The first-order chi connectivity index (χ1) is 9.78. The molecule has 0 atom stereocenters. The lowest BCUT2D eigenvalue weighted by Gasteiger charge is -2.04. The number of rotatable bonds is 2. The van der Waals surface area contributed by atoms with Crippen molar-refractivity contribution in [1.29, 1.82) is 0 Å². The van der Waals surface area contributed by atoms with Crippen molar-refractivity contribution in [2.45, 2.75) is 13.5 Å². The van der Waals surface area contributed by atoms with Gasteiger partial charge in [-0.25, -0.2) is 4.98 Å². The van der Waals surface area contributed by atoms with E-state index in [0.29, 0.717) is 6.54 Å². The van der Waals surface area contributed by atoms with Gasteiger partial charge in [0.2, 0.25) is 0 Å². The number of aryl methyl sites for hydroxylation is 1. The number of fused-ring (bicyclic) bond motifs is 1. The van der Waals surface area contributed by atoms with Gasteiger partial charge in [0, 0.05) is 15.8 Å². The fourth-order valence-electron chi connectivity index (χ4n) is 2.23.